The number of hydrogen-bond acceptors (Lipinski definition) is 5. The number of aromatic nitrogens is 1. The highest BCUT2D eigenvalue weighted by Crippen LogP contribution is 2.53. The van der Waals surface area contributed by atoms with E-state index in [0.717, 1.165) is 0 Å². The number of hydrogen-bond donors (Lipinski definition) is 2. The van der Waals surface area contributed by atoms with Gasteiger partial charge in [0.2, 0.25) is 18.2 Å². The van der Waals surface area contributed by atoms with E-state index in [-0.39, 0.29) is 18.0 Å². The smallest absolute Gasteiger partial charge is 0.353 e. The number of carboxylic acid groups (broad SMARTS) is 1. The first-order valence-electron chi connectivity index (χ1n) is 9.11. The third-order valence-corrected chi connectivity index (χ3v) is 6.46. The van der Waals surface area contributed by atoms with Crippen molar-refractivity contribution >= 4 is 34.3 Å². The van der Waals surface area contributed by atoms with Gasteiger partial charge in [0, 0.05) is 22.6 Å². The quantitative estimate of drug-likeness (QED) is 0.425. The Kier molecular flexibility index (Phi) is 4.97. The monoisotopic (exact) mass is 411 g/mol. The van der Waals surface area contributed by atoms with Gasteiger partial charge in [-0.1, -0.05) is 36.0 Å². The highest BCUT2D eigenvalue weighted by atomic mass is 32.2. The summed E-state index contributed by atoms with van der Waals surface area (Å²) in [5.41, 5.74) is 0.941. The Labute approximate surface area is 171 Å². The highest BCUT2D eigenvalue weighted by molar-refractivity contribution is 8.09. The maximum absolute atomic E-state index is 12.7. The number of carbonyl (C=O) groups excluding carboxylic acids is 2. The largest absolute Gasteiger partial charge is 0.477 e. The fourth-order valence-electron chi connectivity index (χ4n) is 3.62. The molecule has 3 atom stereocenters. The molecule has 0 bridgehead atoms. The predicted molar refractivity (Wildman–Crippen MR) is 105 cm³/mol. The van der Waals surface area contributed by atoms with Crippen LogP contribution in [0.2, 0.25) is 0 Å². The molecule has 2 aromatic rings. The van der Waals surface area contributed by atoms with Crippen LogP contribution in [0.25, 0.3) is 4.91 Å². The summed E-state index contributed by atoms with van der Waals surface area (Å²) in [5, 5.41) is 19.1. The zero-order valence-corrected chi connectivity index (χ0v) is 16.4. The zero-order chi connectivity index (χ0) is 20.7. The van der Waals surface area contributed by atoms with E-state index in [1.165, 1.54) is 23.6 Å². The fraction of sp³-hybridized carbons (Fsp3) is 0.238. The number of ketones is 1. The number of thioether (sulfide) groups is 1. The second-order valence-electron chi connectivity index (χ2n) is 7.02. The molecule has 2 aliphatic rings. The molecule has 0 unspecified atom stereocenters. The van der Waals surface area contributed by atoms with Crippen molar-refractivity contribution in [3.63, 3.8) is 0 Å². The molecule has 1 amide bonds. The molecular formula is C21H19N2O5S+. The highest BCUT2D eigenvalue weighted by Gasteiger charge is 2.57. The molecular weight excluding hydrogens is 392 g/mol. The molecule has 8 heteroatoms. The Morgan fingerprint density at radius 1 is 1.21 bits per heavy atom. The third kappa shape index (κ3) is 3.34. The number of aliphatic hydroxyl groups excluding tert-OH is 1. The average molecular weight is 411 g/mol. The van der Waals surface area contributed by atoms with Crippen LogP contribution in [-0.2, 0) is 16.1 Å². The normalized spacial score (nSPS) is 21.6. The van der Waals surface area contributed by atoms with Gasteiger partial charge in [0.25, 0.3) is 0 Å². The van der Waals surface area contributed by atoms with E-state index in [1.54, 1.807) is 41.2 Å². The standard InChI is InChI=1S/C21H18N2O5S/c1-12(24)16-19(26)23-17(21(27)28)18(29-20(16)23)14-7-5-6-13(10-14)15(25)11-22-8-3-2-4-9-22/h2-10,12,16,20,24H,11H2,1H3/p+1/t12-,16+,20-/m1/s1. The lowest BCUT2D eigenvalue weighted by Gasteiger charge is -2.43. The minimum atomic E-state index is -1.20. The first-order valence-corrected chi connectivity index (χ1v) is 9.99. The predicted octanol–water partition coefficient (Wildman–Crippen LogP) is 1.52. The van der Waals surface area contributed by atoms with Gasteiger partial charge in [-0.3, -0.25) is 14.5 Å². The Bertz CT molecular complexity index is 1030. The molecule has 29 heavy (non-hydrogen) atoms. The van der Waals surface area contributed by atoms with Crippen molar-refractivity contribution in [1.29, 1.82) is 0 Å². The number of carboxylic acids is 1. The molecule has 3 heterocycles. The van der Waals surface area contributed by atoms with Crippen LogP contribution >= 0.6 is 11.8 Å². The van der Waals surface area contributed by atoms with Crippen LogP contribution in [0, 0.1) is 5.92 Å². The van der Waals surface area contributed by atoms with Crippen LogP contribution in [0.3, 0.4) is 0 Å². The molecule has 0 aliphatic carbocycles. The molecule has 1 fully saturated rings. The molecule has 2 aliphatic heterocycles. The molecule has 0 saturated carbocycles. The Morgan fingerprint density at radius 2 is 1.93 bits per heavy atom. The molecule has 0 radical (unpaired) electrons. The minimum Gasteiger partial charge on any atom is -0.477 e. The minimum absolute atomic E-state index is 0.0936. The summed E-state index contributed by atoms with van der Waals surface area (Å²) in [6, 6.07) is 12.3. The van der Waals surface area contributed by atoms with Crippen molar-refractivity contribution in [3.8, 4) is 0 Å². The van der Waals surface area contributed by atoms with Crippen LogP contribution in [-0.4, -0.2) is 44.3 Å². The van der Waals surface area contributed by atoms with Crippen molar-refractivity contribution in [3.05, 3.63) is 71.7 Å². The summed E-state index contributed by atoms with van der Waals surface area (Å²) in [7, 11) is 0. The van der Waals surface area contributed by atoms with Crippen molar-refractivity contribution < 1.29 is 29.2 Å². The van der Waals surface area contributed by atoms with Crippen molar-refractivity contribution in [2.45, 2.75) is 24.9 Å². The van der Waals surface area contributed by atoms with Crippen LogP contribution in [0.1, 0.15) is 22.8 Å². The number of Topliss-reactive ketones (excluding diaryl/α,β-unsaturated/α-hetero) is 1. The number of rotatable bonds is 6. The van der Waals surface area contributed by atoms with E-state index in [4.69, 9.17) is 0 Å². The van der Waals surface area contributed by atoms with Crippen LogP contribution in [0.4, 0.5) is 0 Å². The average Bonchev–Trinajstić information content (AvgIpc) is 3.04. The van der Waals surface area contributed by atoms with Crippen molar-refractivity contribution in [2.24, 2.45) is 5.92 Å². The maximum atomic E-state index is 12.7. The number of amides is 1. The van der Waals surface area contributed by atoms with Gasteiger partial charge < -0.3 is 10.2 Å². The van der Waals surface area contributed by atoms with Crippen LogP contribution in [0.5, 0.6) is 0 Å². The molecule has 1 aromatic carbocycles. The summed E-state index contributed by atoms with van der Waals surface area (Å²) in [5.74, 6) is -2.34. The number of pyridine rings is 1. The number of aliphatic hydroxyl groups is 1. The number of fused-ring (bicyclic) bond motifs is 1. The number of nitrogens with zero attached hydrogens (tertiary/aromatic N) is 2. The maximum Gasteiger partial charge on any atom is 0.353 e. The SMILES string of the molecule is C[C@@H](O)[C@H]1C(=O)N2C(C(=O)O)=C(c3cccc(C(=O)C[n+]4ccccc4)c3)S[C@H]12. The molecule has 1 aromatic heterocycles. The van der Waals surface area contributed by atoms with Gasteiger partial charge in [0.1, 0.15) is 11.1 Å². The lowest BCUT2D eigenvalue weighted by atomic mass is 9.92. The van der Waals surface area contributed by atoms with Gasteiger partial charge in [0.05, 0.1) is 12.0 Å². The summed E-state index contributed by atoms with van der Waals surface area (Å²) >= 11 is 1.24. The Balaban J connectivity index is 1.65. The molecule has 148 valence electrons. The second kappa shape index (κ2) is 7.46. The lowest BCUT2D eigenvalue weighted by Crippen LogP contribution is -2.60. The van der Waals surface area contributed by atoms with Gasteiger partial charge >= 0.3 is 5.97 Å². The lowest BCUT2D eigenvalue weighted by molar-refractivity contribution is -0.683. The Morgan fingerprint density at radius 3 is 2.59 bits per heavy atom. The van der Waals surface area contributed by atoms with E-state index < -0.39 is 29.3 Å². The first kappa shape index (κ1) is 19.4. The first-order chi connectivity index (χ1) is 13.9. The van der Waals surface area contributed by atoms with Crippen molar-refractivity contribution in [2.75, 3.05) is 0 Å². The zero-order valence-electron chi connectivity index (χ0n) is 15.6. The van der Waals surface area contributed by atoms with Gasteiger partial charge in [-0.05, 0) is 18.6 Å². The fourth-order valence-corrected chi connectivity index (χ4v) is 5.22. The third-order valence-electron chi connectivity index (χ3n) is 5.05. The van der Waals surface area contributed by atoms with E-state index in [2.05, 4.69) is 0 Å². The van der Waals surface area contributed by atoms with Gasteiger partial charge in [0.15, 0.2) is 12.4 Å². The Hall–Kier alpha value is -2.97. The van der Waals surface area contributed by atoms with Crippen molar-refractivity contribution in [1.82, 2.24) is 4.90 Å². The molecule has 4 rings (SSSR count). The summed E-state index contributed by atoms with van der Waals surface area (Å²) in [6.07, 6.45) is 2.74. The van der Waals surface area contributed by atoms with E-state index in [0.29, 0.717) is 16.0 Å². The van der Waals surface area contributed by atoms with E-state index in [1.807, 2.05) is 18.2 Å². The van der Waals surface area contributed by atoms with Crippen LogP contribution < -0.4 is 4.57 Å². The van der Waals surface area contributed by atoms with Crippen LogP contribution in [0.15, 0.2) is 60.6 Å². The summed E-state index contributed by atoms with van der Waals surface area (Å²) in [4.78, 5) is 38.5. The number of benzene rings is 1. The molecule has 1 saturated heterocycles. The van der Waals surface area contributed by atoms with E-state index in [9.17, 15) is 24.6 Å². The summed E-state index contributed by atoms with van der Waals surface area (Å²) < 4.78 is 1.76. The molecule has 0 spiro atoms. The molecule has 7 nitrogen and oxygen atoms in total. The van der Waals surface area contributed by atoms with Gasteiger partial charge in [-0.15, -0.1) is 0 Å². The topological polar surface area (TPSA) is 98.8 Å². The number of β-lactam (4-membered cyclic amide) rings is 1. The van der Waals surface area contributed by atoms with E-state index >= 15 is 0 Å². The molecule has 2 N–H and O–H groups in total. The van der Waals surface area contributed by atoms with Gasteiger partial charge in [-0.2, -0.15) is 4.57 Å². The summed E-state index contributed by atoms with van der Waals surface area (Å²) in [6.45, 7) is 1.69. The number of carbonyl (C=O) groups is 3. The van der Waals surface area contributed by atoms with Gasteiger partial charge in [-0.25, -0.2) is 4.79 Å². The number of aliphatic carboxylic acids is 1. The second-order valence-corrected chi connectivity index (χ2v) is 8.14.